The van der Waals surface area contributed by atoms with Crippen LogP contribution in [0.25, 0.3) is 10.9 Å². The van der Waals surface area contributed by atoms with Gasteiger partial charge in [-0.15, -0.1) is 0 Å². The lowest BCUT2D eigenvalue weighted by Crippen LogP contribution is -2.18. The van der Waals surface area contributed by atoms with Gasteiger partial charge in [0.2, 0.25) is 5.91 Å². The van der Waals surface area contributed by atoms with Crippen molar-refractivity contribution in [1.29, 1.82) is 0 Å². The number of hydrogen-bond donors (Lipinski definition) is 1. The van der Waals surface area contributed by atoms with E-state index >= 15 is 0 Å². The van der Waals surface area contributed by atoms with E-state index in [1.165, 1.54) is 10.9 Å². The largest absolute Gasteiger partial charge is 0.338 e. The van der Waals surface area contributed by atoms with Crippen molar-refractivity contribution in [2.24, 2.45) is 0 Å². The van der Waals surface area contributed by atoms with Gasteiger partial charge in [0.1, 0.15) is 6.54 Å². The van der Waals surface area contributed by atoms with Gasteiger partial charge in [0, 0.05) is 17.4 Å². The molecule has 3 aromatic rings. The molecule has 0 spiro atoms. The Morgan fingerprint density at radius 3 is 2.42 bits per heavy atom. The van der Waals surface area contributed by atoms with Gasteiger partial charge in [0.15, 0.2) is 0 Å². The van der Waals surface area contributed by atoms with Crippen molar-refractivity contribution in [3.8, 4) is 0 Å². The number of nitrogens with one attached hydrogen (secondary N) is 1. The first-order chi connectivity index (χ1) is 11.4. The average Bonchev–Trinajstić information content (AvgIpc) is 2.88. The number of benzene rings is 2. The maximum Gasteiger partial charge on any atom is 0.244 e. The average molecular weight is 320 g/mol. The summed E-state index contributed by atoms with van der Waals surface area (Å²) in [4.78, 5) is 12.4. The van der Waals surface area contributed by atoms with Crippen molar-refractivity contribution in [3.05, 3.63) is 65.4 Å². The molecule has 0 aliphatic carbocycles. The third-order valence-electron chi connectivity index (χ3n) is 4.28. The van der Waals surface area contributed by atoms with Gasteiger partial charge in [0.25, 0.3) is 0 Å². The minimum absolute atomic E-state index is 0.00886. The van der Waals surface area contributed by atoms with E-state index in [2.05, 4.69) is 49.5 Å². The Hall–Kier alpha value is -2.55. The number of nitrogens with zero attached hydrogens (tertiary/aromatic N) is 1. The number of rotatable bonds is 4. The Morgan fingerprint density at radius 1 is 1.04 bits per heavy atom. The number of amides is 1. The Bertz CT molecular complexity index is 870. The molecule has 0 aliphatic heterocycles. The second-order valence-corrected chi connectivity index (χ2v) is 6.84. The minimum atomic E-state index is -0.00886. The minimum Gasteiger partial charge on any atom is -0.338 e. The van der Waals surface area contributed by atoms with Crippen LogP contribution in [0.1, 0.15) is 36.5 Å². The summed E-state index contributed by atoms with van der Waals surface area (Å²) in [6.07, 6.45) is 1.98. The van der Waals surface area contributed by atoms with E-state index in [1.807, 2.05) is 36.7 Å². The topological polar surface area (TPSA) is 34.0 Å². The zero-order valence-corrected chi connectivity index (χ0v) is 14.8. The van der Waals surface area contributed by atoms with Gasteiger partial charge in [-0.25, -0.2) is 0 Å². The molecule has 0 radical (unpaired) electrons. The van der Waals surface area contributed by atoms with E-state index in [9.17, 15) is 4.79 Å². The fourth-order valence-electron chi connectivity index (χ4n) is 3.12. The monoisotopic (exact) mass is 320 g/mol. The summed E-state index contributed by atoms with van der Waals surface area (Å²) >= 11 is 0. The van der Waals surface area contributed by atoms with E-state index in [0.717, 1.165) is 22.3 Å². The van der Waals surface area contributed by atoms with Gasteiger partial charge >= 0.3 is 0 Å². The second kappa shape index (κ2) is 6.52. The van der Waals surface area contributed by atoms with Crippen molar-refractivity contribution in [2.45, 2.75) is 40.2 Å². The zero-order chi connectivity index (χ0) is 17.3. The highest BCUT2D eigenvalue weighted by Crippen LogP contribution is 2.22. The van der Waals surface area contributed by atoms with Crippen LogP contribution in [-0.4, -0.2) is 10.5 Å². The Labute approximate surface area is 143 Å². The number of anilines is 1. The molecule has 0 saturated carbocycles. The van der Waals surface area contributed by atoms with Gasteiger partial charge in [-0.05, 0) is 72.2 Å². The first-order valence-electron chi connectivity index (χ1n) is 8.39. The van der Waals surface area contributed by atoms with Crippen LogP contribution in [0.3, 0.4) is 0 Å². The zero-order valence-electron chi connectivity index (χ0n) is 14.8. The molecule has 0 atom stereocenters. The standard InChI is InChI=1S/C21H24N2O/c1-14(2)17-5-6-20-18(12-17)7-8-23(20)13-21(24)22-19-10-15(3)9-16(4)11-19/h5-12,14H,13H2,1-4H3,(H,22,24). The van der Waals surface area contributed by atoms with E-state index in [4.69, 9.17) is 0 Å². The molecule has 0 fully saturated rings. The highest BCUT2D eigenvalue weighted by atomic mass is 16.1. The highest BCUT2D eigenvalue weighted by Gasteiger charge is 2.09. The van der Waals surface area contributed by atoms with Crippen LogP contribution in [0, 0.1) is 13.8 Å². The van der Waals surface area contributed by atoms with E-state index in [1.54, 1.807) is 0 Å². The molecule has 0 saturated heterocycles. The third kappa shape index (κ3) is 3.51. The fourth-order valence-corrected chi connectivity index (χ4v) is 3.12. The molecule has 3 rings (SSSR count). The molecular formula is C21H24N2O. The van der Waals surface area contributed by atoms with Crippen LogP contribution in [0.15, 0.2) is 48.7 Å². The molecule has 2 aromatic carbocycles. The molecule has 1 aromatic heterocycles. The molecule has 0 aliphatic rings. The Morgan fingerprint density at radius 2 is 1.75 bits per heavy atom. The first kappa shape index (κ1) is 16.3. The van der Waals surface area contributed by atoms with Crippen molar-refractivity contribution in [3.63, 3.8) is 0 Å². The van der Waals surface area contributed by atoms with Crippen LogP contribution in [0.4, 0.5) is 5.69 Å². The highest BCUT2D eigenvalue weighted by molar-refractivity contribution is 5.92. The van der Waals surface area contributed by atoms with Crippen LogP contribution < -0.4 is 5.32 Å². The van der Waals surface area contributed by atoms with Crippen molar-refractivity contribution < 1.29 is 4.79 Å². The summed E-state index contributed by atoms with van der Waals surface area (Å²) in [5.74, 6) is 0.496. The number of aryl methyl sites for hydroxylation is 2. The van der Waals surface area contributed by atoms with Crippen LogP contribution >= 0.6 is 0 Å². The van der Waals surface area contributed by atoms with Crippen molar-refractivity contribution in [1.82, 2.24) is 4.57 Å². The predicted octanol–water partition coefficient (Wildman–Crippen LogP) is 5.02. The van der Waals surface area contributed by atoms with Crippen LogP contribution in [0.5, 0.6) is 0 Å². The van der Waals surface area contributed by atoms with E-state index in [0.29, 0.717) is 12.5 Å². The number of aromatic nitrogens is 1. The summed E-state index contributed by atoms with van der Waals surface area (Å²) in [5.41, 5.74) is 5.57. The fraction of sp³-hybridized carbons (Fsp3) is 0.286. The van der Waals surface area contributed by atoms with E-state index < -0.39 is 0 Å². The molecule has 124 valence electrons. The number of fused-ring (bicyclic) bond motifs is 1. The summed E-state index contributed by atoms with van der Waals surface area (Å²) in [6.45, 7) is 8.77. The number of hydrogen-bond acceptors (Lipinski definition) is 1. The predicted molar refractivity (Wildman–Crippen MR) is 101 cm³/mol. The first-order valence-corrected chi connectivity index (χ1v) is 8.39. The quantitative estimate of drug-likeness (QED) is 0.719. The molecule has 1 amide bonds. The van der Waals surface area contributed by atoms with Gasteiger partial charge in [-0.3, -0.25) is 4.79 Å². The van der Waals surface area contributed by atoms with Crippen molar-refractivity contribution in [2.75, 3.05) is 5.32 Å². The van der Waals surface area contributed by atoms with Crippen LogP contribution in [0.2, 0.25) is 0 Å². The molecule has 24 heavy (non-hydrogen) atoms. The van der Waals surface area contributed by atoms with Crippen molar-refractivity contribution >= 4 is 22.5 Å². The maximum absolute atomic E-state index is 12.4. The lowest BCUT2D eigenvalue weighted by molar-refractivity contribution is -0.116. The SMILES string of the molecule is Cc1cc(C)cc(NC(=O)Cn2ccc3cc(C(C)C)ccc32)c1. The summed E-state index contributed by atoms with van der Waals surface area (Å²) in [5, 5.41) is 4.18. The molecule has 1 heterocycles. The summed E-state index contributed by atoms with van der Waals surface area (Å²) < 4.78 is 2.00. The van der Waals surface area contributed by atoms with Gasteiger partial charge in [-0.1, -0.05) is 26.0 Å². The Kier molecular flexibility index (Phi) is 4.43. The molecule has 3 nitrogen and oxygen atoms in total. The normalized spacial score (nSPS) is 11.2. The summed E-state index contributed by atoms with van der Waals surface area (Å²) in [7, 11) is 0. The second-order valence-electron chi connectivity index (χ2n) is 6.84. The Balaban J connectivity index is 1.78. The summed E-state index contributed by atoms with van der Waals surface area (Å²) in [6, 6.07) is 14.6. The number of carbonyl (C=O) groups is 1. The molecule has 3 heteroatoms. The maximum atomic E-state index is 12.4. The molecule has 0 bridgehead atoms. The lowest BCUT2D eigenvalue weighted by Gasteiger charge is -2.10. The van der Waals surface area contributed by atoms with E-state index in [-0.39, 0.29) is 5.91 Å². The number of carbonyl (C=O) groups excluding carboxylic acids is 1. The smallest absolute Gasteiger partial charge is 0.244 e. The molecule has 1 N–H and O–H groups in total. The van der Waals surface area contributed by atoms with Crippen LogP contribution in [-0.2, 0) is 11.3 Å². The van der Waals surface area contributed by atoms with Gasteiger partial charge in [-0.2, -0.15) is 0 Å². The van der Waals surface area contributed by atoms with Gasteiger partial charge in [0.05, 0.1) is 0 Å². The molecule has 0 unspecified atom stereocenters. The third-order valence-corrected chi connectivity index (χ3v) is 4.28. The molecular weight excluding hydrogens is 296 g/mol. The lowest BCUT2D eigenvalue weighted by atomic mass is 10.0. The van der Waals surface area contributed by atoms with Gasteiger partial charge < -0.3 is 9.88 Å².